The summed E-state index contributed by atoms with van der Waals surface area (Å²) in [6.07, 6.45) is 6.47. The Labute approximate surface area is 114 Å². The molecule has 0 heterocycles. The van der Waals surface area contributed by atoms with Gasteiger partial charge in [-0.25, -0.2) is 0 Å². The van der Waals surface area contributed by atoms with E-state index in [0.717, 1.165) is 11.0 Å². The zero-order valence-corrected chi connectivity index (χ0v) is 12.6. The lowest BCUT2D eigenvalue weighted by molar-refractivity contribution is 0.434. The van der Waals surface area contributed by atoms with Gasteiger partial charge in [0.2, 0.25) is 0 Å². The van der Waals surface area contributed by atoms with Crippen molar-refractivity contribution in [1.29, 1.82) is 0 Å². The van der Waals surface area contributed by atoms with Gasteiger partial charge in [-0.15, -0.1) is 0 Å². The first-order valence-corrected chi connectivity index (χ1v) is 7.53. The molecule has 0 bridgehead atoms. The summed E-state index contributed by atoms with van der Waals surface area (Å²) in [5, 5.41) is 3.68. The van der Waals surface area contributed by atoms with Crippen molar-refractivity contribution in [3.05, 3.63) is 34.3 Å². The highest BCUT2D eigenvalue weighted by Gasteiger charge is 2.06. The minimum Gasteiger partial charge on any atom is -0.310 e. The number of halogens is 1. The Morgan fingerprint density at radius 1 is 1.18 bits per heavy atom. The van der Waals surface area contributed by atoms with Crippen molar-refractivity contribution >= 4 is 15.9 Å². The molecule has 0 aliphatic rings. The lowest BCUT2D eigenvalue weighted by Crippen LogP contribution is -2.28. The summed E-state index contributed by atoms with van der Waals surface area (Å²) < 4.78 is 1.16. The highest BCUT2D eigenvalue weighted by molar-refractivity contribution is 9.10. The number of benzene rings is 1. The molecule has 1 aromatic carbocycles. The normalized spacial score (nSPS) is 12.6. The van der Waals surface area contributed by atoms with E-state index in [-0.39, 0.29) is 0 Å². The Morgan fingerprint density at radius 3 is 2.65 bits per heavy atom. The smallest absolute Gasteiger partial charge is 0.0208 e. The van der Waals surface area contributed by atoms with E-state index in [2.05, 4.69) is 59.4 Å². The number of nitrogens with one attached hydrogen (secondary N) is 1. The third-order valence-electron chi connectivity index (χ3n) is 3.03. The molecule has 0 amide bonds. The monoisotopic (exact) mass is 297 g/mol. The Hall–Kier alpha value is -0.340. The zero-order chi connectivity index (χ0) is 12.5. The molecule has 1 N–H and O–H groups in total. The van der Waals surface area contributed by atoms with Crippen LogP contribution in [0.1, 0.15) is 51.5 Å². The van der Waals surface area contributed by atoms with Gasteiger partial charge in [0.25, 0.3) is 0 Å². The Bertz CT molecular complexity index is 312. The fraction of sp³-hybridized carbons (Fsp3) is 0.600. The van der Waals surface area contributed by atoms with Crippen LogP contribution >= 0.6 is 15.9 Å². The average molecular weight is 298 g/mol. The van der Waals surface area contributed by atoms with Crippen LogP contribution in [0.2, 0.25) is 0 Å². The van der Waals surface area contributed by atoms with E-state index in [1.165, 1.54) is 37.7 Å². The van der Waals surface area contributed by atoms with Crippen molar-refractivity contribution in [3.63, 3.8) is 0 Å². The van der Waals surface area contributed by atoms with Crippen LogP contribution in [-0.4, -0.2) is 6.04 Å². The first-order valence-electron chi connectivity index (χ1n) is 6.74. The first-order chi connectivity index (χ1) is 8.26. The van der Waals surface area contributed by atoms with E-state index in [4.69, 9.17) is 0 Å². The SMILES string of the molecule is CCCCC(CCC)NCc1cccc(Br)c1. The van der Waals surface area contributed by atoms with Gasteiger partial charge >= 0.3 is 0 Å². The molecule has 1 rings (SSSR count). The van der Waals surface area contributed by atoms with E-state index >= 15 is 0 Å². The van der Waals surface area contributed by atoms with Gasteiger partial charge in [-0.3, -0.25) is 0 Å². The predicted molar refractivity (Wildman–Crippen MR) is 79.2 cm³/mol. The van der Waals surface area contributed by atoms with Crippen molar-refractivity contribution in [2.24, 2.45) is 0 Å². The van der Waals surface area contributed by atoms with Crippen LogP contribution < -0.4 is 5.32 Å². The number of hydrogen-bond acceptors (Lipinski definition) is 1. The van der Waals surface area contributed by atoms with Gasteiger partial charge in [-0.05, 0) is 30.5 Å². The molecule has 0 radical (unpaired) electrons. The van der Waals surface area contributed by atoms with E-state index < -0.39 is 0 Å². The molecular formula is C15H24BrN. The number of rotatable bonds is 8. The largest absolute Gasteiger partial charge is 0.310 e. The fourth-order valence-corrected chi connectivity index (χ4v) is 2.50. The minimum atomic E-state index is 0.680. The Balaban J connectivity index is 2.39. The molecule has 0 spiro atoms. The van der Waals surface area contributed by atoms with Crippen LogP contribution in [0.4, 0.5) is 0 Å². The van der Waals surface area contributed by atoms with Crippen LogP contribution in [0, 0.1) is 0 Å². The predicted octanol–water partition coefficient (Wildman–Crippen LogP) is 4.90. The maximum absolute atomic E-state index is 3.68. The van der Waals surface area contributed by atoms with Gasteiger partial charge in [0.05, 0.1) is 0 Å². The number of hydrogen-bond donors (Lipinski definition) is 1. The van der Waals surface area contributed by atoms with Gasteiger partial charge in [-0.2, -0.15) is 0 Å². The lowest BCUT2D eigenvalue weighted by atomic mass is 10.0. The highest BCUT2D eigenvalue weighted by Crippen LogP contribution is 2.13. The summed E-state index contributed by atoms with van der Waals surface area (Å²) >= 11 is 3.51. The number of unbranched alkanes of at least 4 members (excludes halogenated alkanes) is 1. The molecule has 0 aromatic heterocycles. The molecule has 0 aliphatic heterocycles. The van der Waals surface area contributed by atoms with Crippen LogP contribution in [0.5, 0.6) is 0 Å². The van der Waals surface area contributed by atoms with Crippen molar-refractivity contribution in [2.75, 3.05) is 0 Å². The molecule has 1 nitrogen and oxygen atoms in total. The summed E-state index contributed by atoms with van der Waals surface area (Å²) in [6, 6.07) is 9.22. The molecular weight excluding hydrogens is 274 g/mol. The lowest BCUT2D eigenvalue weighted by Gasteiger charge is -2.18. The molecule has 1 aromatic rings. The van der Waals surface area contributed by atoms with E-state index in [1.54, 1.807) is 0 Å². The summed E-state index contributed by atoms with van der Waals surface area (Å²) in [5.41, 5.74) is 1.36. The van der Waals surface area contributed by atoms with Gasteiger partial charge in [0.15, 0.2) is 0 Å². The van der Waals surface area contributed by atoms with Crippen molar-refractivity contribution in [1.82, 2.24) is 5.32 Å². The van der Waals surface area contributed by atoms with Gasteiger partial charge < -0.3 is 5.32 Å². The van der Waals surface area contributed by atoms with E-state index in [1.807, 2.05) is 0 Å². The summed E-state index contributed by atoms with van der Waals surface area (Å²) in [5.74, 6) is 0. The molecule has 0 fully saturated rings. The summed E-state index contributed by atoms with van der Waals surface area (Å²) in [4.78, 5) is 0. The van der Waals surface area contributed by atoms with E-state index in [9.17, 15) is 0 Å². The third-order valence-corrected chi connectivity index (χ3v) is 3.52. The fourth-order valence-electron chi connectivity index (χ4n) is 2.06. The summed E-state index contributed by atoms with van der Waals surface area (Å²) in [7, 11) is 0. The Kier molecular flexibility index (Phi) is 7.54. The van der Waals surface area contributed by atoms with Crippen molar-refractivity contribution < 1.29 is 0 Å². The topological polar surface area (TPSA) is 12.0 Å². The Morgan fingerprint density at radius 2 is 2.00 bits per heavy atom. The van der Waals surface area contributed by atoms with Crippen LogP contribution in [0.3, 0.4) is 0 Å². The molecule has 0 saturated carbocycles. The molecule has 96 valence electrons. The van der Waals surface area contributed by atoms with Crippen LogP contribution in [0.25, 0.3) is 0 Å². The zero-order valence-electron chi connectivity index (χ0n) is 11.0. The van der Waals surface area contributed by atoms with Gasteiger partial charge in [0, 0.05) is 17.1 Å². The highest BCUT2D eigenvalue weighted by atomic mass is 79.9. The van der Waals surface area contributed by atoms with Gasteiger partial charge in [-0.1, -0.05) is 61.2 Å². The van der Waals surface area contributed by atoms with Crippen molar-refractivity contribution in [2.45, 2.75) is 58.5 Å². The molecule has 17 heavy (non-hydrogen) atoms. The molecule has 2 heteroatoms. The van der Waals surface area contributed by atoms with Crippen LogP contribution in [0.15, 0.2) is 28.7 Å². The maximum Gasteiger partial charge on any atom is 0.0208 e. The van der Waals surface area contributed by atoms with Gasteiger partial charge in [0.1, 0.15) is 0 Å². The molecule has 1 atom stereocenters. The average Bonchev–Trinajstić information content (AvgIpc) is 2.33. The molecule has 0 saturated heterocycles. The van der Waals surface area contributed by atoms with E-state index in [0.29, 0.717) is 6.04 Å². The van der Waals surface area contributed by atoms with Crippen LogP contribution in [-0.2, 0) is 6.54 Å². The molecule has 1 unspecified atom stereocenters. The standard InChI is InChI=1S/C15H24BrN/c1-3-5-10-15(7-4-2)17-12-13-8-6-9-14(16)11-13/h6,8-9,11,15,17H,3-5,7,10,12H2,1-2H3. The quantitative estimate of drug-likeness (QED) is 0.720. The first kappa shape index (κ1) is 14.7. The second-order valence-corrected chi connectivity index (χ2v) is 5.55. The second kappa shape index (κ2) is 8.71. The second-order valence-electron chi connectivity index (χ2n) is 4.64. The minimum absolute atomic E-state index is 0.680. The third kappa shape index (κ3) is 6.23. The maximum atomic E-state index is 3.68. The molecule has 0 aliphatic carbocycles. The summed E-state index contributed by atoms with van der Waals surface area (Å²) in [6.45, 7) is 5.50. The van der Waals surface area contributed by atoms with Crippen molar-refractivity contribution in [3.8, 4) is 0 Å².